The van der Waals surface area contributed by atoms with E-state index in [2.05, 4.69) is 20.1 Å². The molecular formula is C38H47N4O4+. The summed E-state index contributed by atoms with van der Waals surface area (Å²) in [6.07, 6.45) is 7.39. The molecule has 0 saturated carbocycles. The summed E-state index contributed by atoms with van der Waals surface area (Å²) >= 11 is 0. The molecular weight excluding hydrogens is 576 g/mol. The molecule has 3 N–H and O–H groups in total. The maximum Gasteiger partial charge on any atom is 0.229 e. The highest BCUT2D eigenvalue weighted by atomic mass is 16.3. The van der Waals surface area contributed by atoms with Gasteiger partial charge in [0.2, 0.25) is 23.0 Å². The number of amides is 2. The van der Waals surface area contributed by atoms with E-state index in [4.69, 9.17) is 0 Å². The van der Waals surface area contributed by atoms with Gasteiger partial charge in [-0.15, -0.1) is 0 Å². The number of allylic oxidation sites excluding steroid dienone is 2. The normalized spacial score (nSPS) is 20.2. The van der Waals surface area contributed by atoms with Gasteiger partial charge in [0.25, 0.3) is 0 Å². The summed E-state index contributed by atoms with van der Waals surface area (Å²) in [4.78, 5) is 43.7. The van der Waals surface area contributed by atoms with Gasteiger partial charge in [0, 0.05) is 64.4 Å². The maximum atomic E-state index is 14.4. The van der Waals surface area contributed by atoms with Crippen LogP contribution in [0.2, 0.25) is 0 Å². The number of carbonyl (C=O) groups excluding carboxylic acids is 3. The molecule has 0 atom stereocenters. The Kier molecular flexibility index (Phi) is 7.22. The number of benzene rings is 2. The molecule has 0 bridgehead atoms. The second-order valence-electron chi connectivity index (χ2n) is 15.8. The second-order valence-corrected chi connectivity index (χ2v) is 15.8. The van der Waals surface area contributed by atoms with E-state index in [0.717, 1.165) is 88.7 Å². The molecule has 7 rings (SSSR count). The molecule has 0 spiro atoms. The number of aryl methyl sites for hydroxylation is 2. The van der Waals surface area contributed by atoms with Crippen molar-refractivity contribution >= 4 is 45.8 Å². The highest BCUT2D eigenvalue weighted by Crippen LogP contribution is 2.47. The summed E-state index contributed by atoms with van der Waals surface area (Å²) in [5.74, 6) is -0.561. The van der Waals surface area contributed by atoms with Crippen molar-refractivity contribution in [3.05, 3.63) is 56.3 Å². The molecule has 8 heteroatoms. The number of nitrogens with zero attached hydrogens (tertiary/aromatic N) is 2. The average molecular weight is 624 g/mol. The standard InChI is InChI=1S/C38H46N4O4/c1-37(2,3)35(45)39-29-23-13-9-17-41-15-7-11-21(31(23)41)19-25(29)27-33(43)28(34(27)44)26-20-22-12-8-16-42-18-10-14-24(32(22)42)30(26)40-36(46)38(4,5)6/h19-20H,7-18H2,1-6H3,(H2,39,40,43,44,45,46)/p+1. The first-order chi connectivity index (χ1) is 21.8. The molecule has 2 aromatic rings. The van der Waals surface area contributed by atoms with E-state index >= 15 is 0 Å². The van der Waals surface area contributed by atoms with Gasteiger partial charge in [-0.1, -0.05) is 41.5 Å². The first-order valence-corrected chi connectivity index (χ1v) is 17.1. The Bertz CT molecular complexity index is 1880. The second kappa shape index (κ2) is 10.8. The van der Waals surface area contributed by atoms with Crippen molar-refractivity contribution in [1.29, 1.82) is 0 Å². The number of carbonyl (C=O) groups is 3. The Balaban J connectivity index is 1.48. The highest BCUT2D eigenvalue weighted by Gasteiger charge is 2.41. The molecule has 0 saturated heterocycles. The molecule has 8 nitrogen and oxygen atoms in total. The van der Waals surface area contributed by atoms with Gasteiger partial charge in [-0.25, -0.2) is 4.58 Å². The predicted octanol–water partition coefficient (Wildman–Crippen LogP) is 4.44. The molecule has 242 valence electrons. The fourth-order valence-electron chi connectivity index (χ4n) is 7.90. The summed E-state index contributed by atoms with van der Waals surface area (Å²) in [5.41, 5.74) is 6.79. The molecule has 2 amide bonds. The van der Waals surface area contributed by atoms with Crippen LogP contribution in [0.5, 0.6) is 0 Å². The van der Waals surface area contributed by atoms with Crippen molar-refractivity contribution in [3.8, 4) is 0 Å². The van der Waals surface area contributed by atoms with Crippen LogP contribution in [0.15, 0.2) is 17.9 Å². The van der Waals surface area contributed by atoms with E-state index < -0.39 is 10.8 Å². The van der Waals surface area contributed by atoms with Crippen LogP contribution < -0.4 is 30.7 Å². The first-order valence-electron chi connectivity index (χ1n) is 17.1. The Morgan fingerprint density at radius 1 is 0.761 bits per heavy atom. The zero-order chi connectivity index (χ0) is 32.7. The third kappa shape index (κ3) is 4.87. The van der Waals surface area contributed by atoms with Crippen LogP contribution >= 0.6 is 0 Å². The van der Waals surface area contributed by atoms with E-state index in [9.17, 15) is 19.5 Å². The van der Waals surface area contributed by atoms with Crippen LogP contribution in [0.1, 0.15) is 95.0 Å². The van der Waals surface area contributed by atoms with Gasteiger partial charge in [-0.3, -0.25) is 14.4 Å². The van der Waals surface area contributed by atoms with Gasteiger partial charge in [-0.05, 0) is 61.8 Å². The molecule has 0 fully saturated rings. The third-order valence-corrected chi connectivity index (χ3v) is 10.4. The molecule has 4 heterocycles. The van der Waals surface area contributed by atoms with Crippen molar-refractivity contribution in [2.45, 2.75) is 92.9 Å². The van der Waals surface area contributed by atoms with Crippen molar-refractivity contribution in [3.63, 3.8) is 0 Å². The molecule has 0 aromatic heterocycles. The minimum absolute atomic E-state index is 0.0613. The smallest absolute Gasteiger partial charge is 0.229 e. The van der Waals surface area contributed by atoms with Gasteiger partial charge < -0.3 is 20.6 Å². The minimum Gasteiger partial charge on any atom is -0.506 e. The van der Waals surface area contributed by atoms with Gasteiger partial charge in [0.15, 0.2) is 0 Å². The number of rotatable bonds is 3. The van der Waals surface area contributed by atoms with Crippen LogP contribution in [0.25, 0.3) is 11.1 Å². The first kappa shape index (κ1) is 30.7. The monoisotopic (exact) mass is 623 g/mol. The van der Waals surface area contributed by atoms with E-state index in [1.807, 2.05) is 53.7 Å². The zero-order valence-electron chi connectivity index (χ0n) is 28.2. The third-order valence-electron chi connectivity index (χ3n) is 10.4. The fraction of sp³-hybridized carbons (Fsp3) is 0.526. The quantitative estimate of drug-likeness (QED) is 0.439. The molecule has 1 aliphatic carbocycles. The van der Waals surface area contributed by atoms with Crippen molar-refractivity contribution in [1.82, 2.24) is 4.58 Å². The molecule has 46 heavy (non-hydrogen) atoms. The minimum atomic E-state index is -0.635. The average Bonchev–Trinajstić information content (AvgIpc) is 3.00. The lowest BCUT2D eigenvalue weighted by Gasteiger charge is -2.39. The lowest BCUT2D eigenvalue weighted by atomic mass is 9.77. The number of anilines is 3. The van der Waals surface area contributed by atoms with Crippen molar-refractivity contribution in [2.24, 2.45) is 10.8 Å². The largest absolute Gasteiger partial charge is 0.506 e. The van der Waals surface area contributed by atoms with E-state index in [1.54, 1.807) is 0 Å². The van der Waals surface area contributed by atoms with Crippen LogP contribution in [0, 0.1) is 10.8 Å². The number of aliphatic hydroxyl groups excluding tert-OH is 1. The van der Waals surface area contributed by atoms with Crippen LogP contribution in [0.3, 0.4) is 0 Å². The lowest BCUT2D eigenvalue weighted by Crippen LogP contribution is -2.46. The topological polar surface area (TPSA) is 102 Å². The Labute approximate surface area is 271 Å². The Hall–Kier alpha value is -3.94. The van der Waals surface area contributed by atoms with Crippen LogP contribution in [0.4, 0.5) is 17.1 Å². The molecule has 0 radical (unpaired) electrons. The number of hydrogen-bond acceptors (Lipinski definition) is 5. The lowest BCUT2D eigenvalue weighted by molar-refractivity contribution is -0.123. The van der Waals surface area contributed by atoms with Gasteiger partial charge in [-0.2, -0.15) is 0 Å². The number of nitrogens with one attached hydrogen (secondary N) is 2. The highest BCUT2D eigenvalue weighted by molar-refractivity contribution is 6.52. The molecule has 4 aliphatic heterocycles. The zero-order valence-corrected chi connectivity index (χ0v) is 28.2. The van der Waals surface area contributed by atoms with Crippen molar-refractivity contribution < 1.29 is 19.5 Å². The number of ketones is 1. The summed E-state index contributed by atoms with van der Waals surface area (Å²) in [6.45, 7) is 15.2. The molecule has 0 unspecified atom stereocenters. The van der Waals surface area contributed by atoms with E-state index in [0.29, 0.717) is 22.2 Å². The number of Topliss-reactive ketones (excluding diaryl/α,β-unsaturated/α-hetero) is 1. The van der Waals surface area contributed by atoms with Gasteiger partial charge >= 0.3 is 0 Å². The Morgan fingerprint density at radius 3 is 2.00 bits per heavy atom. The van der Waals surface area contributed by atoms with Crippen LogP contribution in [-0.4, -0.2) is 48.9 Å². The molecule has 2 aromatic carbocycles. The summed E-state index contributed by atoms with van der Waals surface area (Å²) in [5, 5.41) is 20.1. The number of aliphatic hydroxyl groups is 1. The van der Waals surface area contributed by atoms with Gasteiger partial charge in [0.05, 0.1) is 22.5 Å². The number of hydrogen-bond donors (Lipinski definition) is 3. The van der Waals surface area contributed by atoms with Crippen molar-refractivity contribution in [2.75, 3.05) is 41.7 Å². The Morgan fingerprint density at radius 2 is 1.35 bits per heavy atom. The summed E-state index contributed by atoms with van der Waals surface area (Å²) in [6, 6.07) is 4.07. The van der Waals surface area contributed by atoms with Gasteiger partial charge in [0.1, 0.15) is 18.8 Å². The van der Waals surface area contributed by atoms with Crippen LogP contribution in [-0.2, 0) is 40.1 Å². The fourth-order valence-corrected chi connectivity index (χ4v) is 7.90. The van der Waals surface area contributed by atoms with E-state index in [-0.39, 0.29) is 34.5 Å². The summed E-state index contributed by atoms with van der Waals surface area (Å²) in [7, 11) is 0. The maximum absolute atomic E-state index is 14.4. The van der Waals surface area contributed by atoms with E-state index in [1.165, 1.54) is 22.2 Å². The SMILES string of the molecule is CC(C)(C)C(=O)Nc1c(C2=C(O)/C(=c3\cc4c5c(c3NC(=O)C(C)(C)C)CCC[N+]=5CCC4)C2=O)cc2c3c1CCCN3CCC2. The summed E-state index contributed by atoms with van der Waals surface area (Å²) < 4.78 is 2.41. The predicted molar refractivity (Wildman–Crippen MR) is 183 cm³/mol. The molecule has 5 aliphatic rings.